The molecular formula is C12H23N3O2. The van der Waals surface area contributed by atoms with Gasteiger partial charge in [-0.1, -0.05) is 6.92 Å². The summed E-state index contributed by atoms with van der Waals surface area (Å²) in [5, 5.41) is 6.08. The lowest BCUT2D eigenvalue weighted by atomic mass is 9.80. The molecular weight excluding hydrogens is 218 g/mol. The molecule has 5 nitrogen and oxygen atoms in total. The molecule has 4 N–H and O–H groups in total. The lowest BCUT2D eigenvalue weighted by Crippen LogP contribution is -2.49. The van der Waals surface area contributed by atoms with Crippen LogP contribution in [0.2, 0.25) is 0 Å². The second-order valence-electron chi connectivity index (χ2n) is 5.74. The fourth-order valence-corrected chi connectivity index (χ4v) is 1.81. The van der Waals surface area contributed by atoms with Crippen LogP contribution in [0.3, 0.4) is 0 Å². The predicted molar refractivity (Wildman–Crippen MR) is 66.2 cm³/mol. The topological polar surface area (TPSA) is 84.2 Å². The minimum atomic E-state index is -0.695. The van der Waals surface area contributed by atoms with Crippen molar-refractivity contribution in [3.63, 3.8) is 0 Å². The molecule has 98 valence electrons. The van der Waals surface area contributed by atoms with Crippen molar-refractivity contribution in [3.05, 3.63) is 0 Å². The number of carbonyl (C=O) groups excluding carboxylic acids is 2. The summed E-state index contributed by atoms with van der Waals surface area (Å²) in [6.07, 6.45) is 1.66. The van der Waals surface area contributed by atoms with E-state index in [9.17, 15) is 9.59 Å². The van der Waals surface area contributed by atoms with Gasteiger partial charge in [-0.15, -0.1) is 0 Å². The van der Waals surface area contributed by atoms with Crippen LogP contribution in [0.25, 0.3) is 0 Å². The van der Waals surface area contributed by atoms with E-state index in [2.05, 4.69) is 10.6 Å². The molecule has 1 aliphatic heterocycles. The molecule has 5 heteroatoms. The summed E-state index contributed by atoms with van der Waals surface area (Å²) in [6, 6.07) is 0. The highest BCUT2D eigenvalue weighted by Crippen LogP contribution is 2.28. The van der Waals surface area contributed by atoms with Crippen molar-refractivity contribution >= 4 is 11.8 Å². The Morgan fingerprint density at radius 3 is 2.35 bits per heavy atom. The van der Waals surface area contributed by atoms with E-state index in [4.69, 9.17) is 5.73 Å². The Kier molecular flexibility index (Phi) is 4.14. The van der Waals surface area contributed by atoms with Crippen LogP contribution in [0, 0.1) is 10.8 Å². The van der Waals surface area contributed by atoms with Gasteiger partial charge in [0.15, 0.2) is 0 Å². The standard InChI is InChI=1S/C12H23N3O2/c1-11(2,9(13)16)8-15-10(17)12(3)4-6-14-7-5-12/h14H,4-8H2,1-3H3,(H2,13,16)(H,15,17). The number of piperidine rings is 1. The van der Waals surface area contributed by atoms with Crippen LogP contribution in [0.15, 0.2) is 0 Å². The molecule has 0 atom stereocenters. The molecule has 0 aromatic rings. The Hall–Kier alpha value is -1.10. The molecule has 0 aromatic heterocycles. The van der Waals surface area contributed by atoms with Crippen LogP contribution in [-0.4, -0.2) is 31.4 Å². The average molecular weight is 241 g/mol. The number of hydrogen-bond donors (Lipinski definition) is 3. The van der Waals surface area contributed by atoms with E-state index in [0.717, 1.165) is 25.9 Å². The van der Waals surface area contributed by atoms with Gasteiger partial charge in [-0.25, -0.2) is 0 Å². The molecule has 1 saturated heterocycles. The van der Waals surface area contributed by atoms with Gasteiger partial charge in [-0.3, -0.25) is 9.59 Å². The first-order valence-electron chi connectivity index (χ1n) is 6.07. The maximum Gasteiger partial charge on any atom is 0.226 e. The number of nitrogens with one attached hydrogen (secondary N) is 2. The summed E-state index contributed by atoms with van der Waals surface area (Å²) in [4.78, 5) is 23.2. The maximum absolute atomic E-state index is 12.1. The summed E-state index contributed by atoms with van der Waals surface area (Å²) in [5.74, 6) is -0.374. The Labute approximate surface area is 103 Å². The average Bonchev–Trinajstić information content (AvgIpc) is 2.26. The van der Waals surface area contributed by atoms with E-state index < -0.39 is 11.3 Å². The largest absolute Gasteiger partial charge is 0.369 e. The second-order valence-corrected chi connectivity index (χ2v) is 5.74. The van der Waals surface area contributed by atoms with Crippen molar-refractivity contribution in [2.45, 2.75) is 33.6 Å². The normalized spacial score (nSPS) is 19.7. The fraction of sp³-hybridized carbons (Fsp3) is 0.833. The smallest absolute Gasteiger partial charge is 0.226 e. The summed E-state index contributed by atoms with van der Waals surface area (Å²) >= 11 is 0. The minimum absolute atomic E-state index is 0.0216. The predicted octanol–water partition coefficient (Wildman–Crippen LogP) is 0.00380. The molecule has 1 heterocycles. The Morgan fingerprint density at radius 1 is 1.35 bits per heavy atom. The number of hydrogen-bond acceptors (Lipinski definition) is 3. The number of primary amides is 1. The maximum atomic E-state index is 12.1. The SMILES string of the molecule is CC(C)(CNC(=O)C1(C)CCNCC1)C(N)=O. The van der Waals surface area contributed by atoms with Crippen molar-refractivity contribution in [2.75, 3.05) is 19.6 Å². The van der Waals surface area contributed by atoms with Crippen LogP contribution >= 0.6 is 0 Å². The summed E-state index contributed by atoms with van der Waals surface area (Å²) in [6.45, 7) is 7.47. The molecule has 1 fully saturated rings. The van der Waals surface area contributed by atoms with Gasteiger partial charge in [-0.05, 0) is 39.8 Å². The van der Waals surface area contributed by atoms with E-state index in [-0.39, 0.29) is 11.3 Å². The third kappa shape index (κ3) is 3.43. The van der Waals surface area contributed by atoms with Gasteiger partial charge in [-0.2, -0.15) is 0 Å². The van der Waals surface area contributed by atoms with E-state index >= 15 is 0 Å². The minimum Gasteiger partial charge on any atom is -0.369 e. The molecule has 0 unspecified atom stereocenters. The van der Waals surface area contributed by atoms with Crippen molar-refractivity contribution < 1.29 is 9.59 Å². The van der Waals surface area contributed by atoms with Crippen LogP contribution in [0.5, 0.6) is 0 Å². The van der Waals surface area contributed by atoms with E-state index in [1.54, 1.807) is 13.8 Å². The number of amides is 2. The molecule has 0 aliphatic carbocycles. The molecule has 0 spiro atoms. The Balaban J connectivity index is 2.52. The highest BCUT2D eigenvalue weighted by molar-refractivity contribution is 5.84. The van der Waals surface area contributed by atoms with Gasteiger partial charge in [0.05, 0.1) is 5.41 Å². The lowest BCUT2D eigenvalue weighted by molar-refractivity contribution is -0.133. The van der Waals surface area contributed by atoms with Crippen LogP contribution in [0.4, 0.5) is 0 Å². The molecule has 17 heavy (non-hydrogen) atoms. The first kappa shape index (κ1) is 14.0. The Morgan fingerprint density at radius 2 is 1.88 bits per heavy atom. The highest BCUT2D eigenvalue weighted by atomic mass is 16.2. The first-order chi connectivity index (χ1) is 7.78. The zero-order valence-corrected chi connectivity index (χ0v) is 10.9. The van der Waals surface area contributed by atoms with Gasteiger partial charge in [0, 0.05) is 12.0 Å². The second kappa shape index (κ2) is 5.04. The third-order valence-corrected chi connectivity index (χ3v) is 3.61. The van der Waals surface area contributed by atoms with Gasteiger partial charge in [0.1, 0.15) is 0 Å². The van der Waals surface area contributed by atoms with E-state index in [1.165, 1.54) is 0 Å². The Bertz CT molecular complexity index is 307. The van der Waals surface area contributed by atoms with Crippen molar-refractivity contribution in [3.8, 4) is 0 Å². The number of nitrogens with two attached hydrogens (primary N) is 1. The molecule has 1 aliphatic rings. The molecule has 0 aromatic carbocycles. The van der Waals surface area contributed by atoms with Crippen LogP contribution < -0.4 is 16.4 Å². The molecule has 1 rings (SSSR count). The fourth-order valence-electron chi connectivity index (χ4n) is 1.81. The number of rotatable bonds is 4. The van der Waals surface area contributed by atoms with Gasteiger partial charge in [0.25, 0.3) is 0 Å². The zero-order valence-electron chi connectivity index (χ0n) is 10.9. The summed E-state index contributed by atoms with van der Waals surface area (Å²) < 4.78 is 0. The third-order valence-electron chi connectivity index (χ3n) is 3.61. The molecule has 0 radical (unpaired) electrons. The van der Waals surface area contributed by atoms with Gasteiger partial charge < -0.3 is 16.4 Å². The first-order valence-corrected chi connectivity index (χ1v) is 6.07. The van der Waals surface area contributed by atoms with Crippen LogP contribution in [-0.2, 0) is 9.59 Å². The number of carbonyl (C=O) groups is 2. The van der Waals surface area contributed by atoms with Crippen LogP contribution in [0.1, 0.15) is 33.6 Å². The highest BCUT2D eigenvalue weighted by Gasteiger charge is 2.35. The molecule has 0 saturated carbocycles. The quantitative estimate of drug-likeness (QED) is 0.648. The molecule has 0 bridgehead atoms. The van der Waals surface area contributed by atoms with E-state index in [1.807, 2.05) is 6.92 Å². The zero-order chi connectivity index (χ0) is 13.1. The monoisotopic (exact) mass is 241 g/mol. The van der Waals surface area contributed by atoms with E-state index in [0.29, 0.717) is 6.54 Å². The lowest BCUT2D eigenvalue weighted by Gasteiger charge is -2.33. The van der Waals surface area contributed by atoms with Crippen molar-refractivity contribution in [1.82, 2.24) is 10.6 Å². The summed E-state index contributed by atoms with van der Waals surface area (Å²) in [7, 11) is 0. The van der Waals surface area contributed by atoms with Crippen molar-refractivity contribution in [2.24, 2.45) is 16.6 Å². The summed E-state index contributed by atoms with van der Waals surface area (Å²) in [5.41, 5.74) is 4.25. The van der Waals surface area contributed by atoms with Gasteiger partial charge in [0.2, 0.25) is 11.8 Å². The van der Waals surface area contributed by atoms with Crippen molar-refractivity contribution in [1.29, 1.82) is 0 Å². The van der Waals surface area contributed by atoms with Gasteiger partial charge >= 0.3 is 0 Å². The molecule has 2 amide bonds.